The normalized spacial score (nSPS) is 25.1. The van der Waals surface area contributed by atoms with E-state index in [1.54, 1.807) is 4.90 Å². The van der Waals surface area contributed by atoms with Gasteiger partial charge < -0.3 is 16.0 Å². The van der Waals surface area contributed by atoms with Gasteiger partial charge in [0.1, 0.15) is 5.92 Å². The SMILES string of the molecule is NC(=NO)C(CN1CCCCC1CO)C(F)(F)F. The number of alkyl halides is 3. The molecule has 2 unspecified atom stereocenters. The number of hydrogen-bond donors (Lipinski definition) is 3. The Morgan fingerprint density at radius 3 is 2.61 bits per heavy atom. The smallest absolute Gasteiger partial charge is 0.400 e. The van der Waals surface area contributed by atoms with Crippen LogP contribution in [0.5, 0.6) is 0 Å². The summed E-state index contributed by atoms with van der Waals surface area (Å²) < 4.78 is 38.3. The number of aliphatic hydroxyl groups excluding tert-OH is 1. The maximum atomic E-state index is 12.8. The fraction of sp³-hybridized carbons (Fsp3) is 0.900. The Hall–Kier alpha value is -1.02. The first-order chi connectivity index (χ1) is 8.40. The van der Waals surface area contributed by atoms with E-state index < -0.39 is 17.9 Å². The van der Waals surface area contributed by atoms with Crippen molar-refractivity contribution in [2.75, 3.05) is 19.7 Å². The van der Waals surface area contributed by atoms with Gasteiger partial charge in [-0.3, -0.25) is 4.90 Å². The zero-order chi connectivity index (χ0) is 13.8. The third kappa shape index (κ3) is 3.74. The maximum Gasteiger partial charge on any atom is 0.400 e. The highest BCUT2D eigenvalue weighted by Crippen LogP contribution is 2.29. The lowest BCUT2D eigenvalue weighted by Gasteiger charge is -2.36. The van der Waals surface area contributed by atoms with Gasteiger partial charge in [0.2, 0.25) is 0 Å². The van der Waals surface area contributed by atoms with Gasteiger partial charge in [0.15, 0.2) is 5.84 Å². The van der Waals surface area contributed by atoms with Crippen molar-refractivity contribution in [2.24, 2.45) is 16.8 Å². The maximum absolute atomic E-state index is 12.8. The molecule has 0 saturated carbocycles. The second-order valence-electron chi connectivity index (χ2n) is 4.45. The molecule has 106 valence electrons. The van der Waals surface area contributed by atoms with Gasteiger partial charge >= 0.3 is 6.18 Å². The molecule has 0 aliphatic carbocycles. The largest absolute Gasteiger partial charge is 0.409 e. The molecule has 4 N–H and O–H groups in total. The summed E-state index contributed by atoms with van der Waals surface area (Å²) in [4.78, 5) is 1.56. The first-order valence-electron chi connectivity index (χ1n) is 5.79. The number of oxime groups is 1. The molecular formula is C10H18F3N3O2. The monoisotopic (exact) mass is 269 g/mol. The van der Waals surface area contributed by atoms with E-state index in [1.807, 2.05) is 0 Å². The molecule has 0 aromatic carbocycles. The molecule has 1 rings (SSSR count). The summed E-state index contributed by atoms with van der Waals surface area (Å²) in [5.41, 5.74) is 5.10. The summed E-state index contributed by atoms with van der Waals surface area (Å²) in [7, 11) is 0. The summed E-state index contributed by atoms with van der Waals surface area (Å²) >= 11 is 0. The summed E-state index contributed by atoms with van der Waals surface area (Å²) in [6.07, 6.45) is -2.22. The van der Waals surface area contributed by atoms with Crippen molar-refractivity contribution in [3.63, 3.8) is 0 Å². The predicted molar refractivity (Wildman–Crippen MR) is 59.3 cm³/mol. The lowest BCUT2D eigenvalue weighted by molar-refractivity contribution is -0.162. The van der Waals surface area contributed by atoms with Gasteiger partial charge in [0, 0.05) is 12.6 Å². The van der Waals surface area contributed by atoms with Gasteiger partial charge in [-0.25, -0.2) is 0 Å². The lowest BCUT2D eigenvalue weighted by Crippen LogP contribution is -2.50. The average Bonchev–Trinajstić information content (AvgIpc) is 2.34. The van der Waals surface area contributed by atoms with Crippen LogP contribution in [0.15, 0.2) is 5.16 Å². The van der Waals surface area contributed by atoms with E-state index in [0.29, 0.717) is 13.0 Å². The van der Waals surface area contributed by atoms with Crippen LogP contribution in [0, 0.1) is 5.92 Å². The van der Waals surface area contributed by atoms with E-state index in [0.717, 1.165) is 12.8 Å². The van der Waals surface area contributed by atoms with Gasteiger partial charge in [-0.1, -0.05) is 11.6 Å². The number of piperidine rings is 1. The zero-order valence-corrected chi connectivity index (χ0v) is 9.90. The second kappa shape index (κ2) is 6.24. The lowest BCUT2D eigenvalue weighted by atomic mass is 9.99. The number of amidine groups is 1. The van der Waals surface area contributed by atoms with E-state index in [-0.39, 0.29) is 19.2 Å². The van der Waals surface area contributed by atoms with Crippen molar-refractivity contribution in [3.8, 4) is 0 Å². The molecule has 1 saturated heterocycles. The Bertz CT molecular complexity index is 297. The Kier molecular flexibility index (Phi) is 5.21. The first-order valence-corrected chi connectivity index (χ1v) is 5.79. The summed E-state index contributed by atoms with van der Waals surface area (Å²) in [5, 5.41) is 20.0. The quantitative estimate of drug-likeness (QED) is 0.304. The molecule has 0 aromatic rings. The molecule has 8 heteroatoms. The molecule has 2 atom stereocenters. The Morgan fingerprint density at radius 1 is 1.44 bits per heavy atom. The van der Waals surface area contributed by atoms with Crippen LogP contribution in [0.3, 0.4) is 0 Å². The minimum absolute atomic E-state index is 0.180. The molecule has 1 aliphatic rings. The van der Waals surface area contributed by atoms with Gasteiger partial charge in [-0.05, 0) is 19.4 Å². The van der Waals surface area contributed by atoms with Crippen molar-refractivity contribution < 1.29 is 23.5 Å². The molecule has 18 heavy (non-hydrogen) atoms. The zero-order valence-electron chi connectivity index (χ0n) is 9.90. The van der Waals surface area contributed by atoms with E-state index in [2.05, 4.69) is 5.16 Å². The number of nitrogens with two attached hydrogens (primary N) is 1. The van der Waals surface area contributed by atoms with Crippen LogP contribution >= 0.6 is 0 Å². The van der Waals surface area contributed by atoms with Crippen LogP contribution in [0.1, 0.15) is 19.3 Å². The molecule has 1 fully saturated rings. The van der Waals surface area contributed by atoms with E-state index in [9.17, 15) is 13.2 Å². The number of aliphatic hydroxyl groups is 1. The predicted octanol–water partition coefficient (Wildman–Crippen LogP) is 0.758. The van der Waals surface area contributed by atoms with Crippen LogP contribution in [0.4, 0.5) is 13.2 Å². The van der Waals surface area contributed by atoms with Crippen LogP contribution in [0.2, 0.25) is 0 Å². The number of rotatable bonds is 4. The molecule has 1 aliphatic heterocycles. The number of likely N-dealkylation sites (tertiary alicyclic amines) is 1. The molecule has 0 aromatic heterocycles. The first kappa shape index (κ1) is 15.0. The van der Waals surface area contributed by atoms with Crippen molar-refractivity contribution in [2.45, 2.75) is 31.5 Å². The molecule has 0 radical (unpaired) electrons. The molecule has 0 amide bonds. The summed E-state index contributed by atoms with van der Waals surface area (Å²) in [6.45, 7) is -0.0815. The van der Waals surface area contributed by atoms with Crippen molar-refractivity contribution in [1.82, 2.24) is 4.90 Å². The fourth-order valence-corrected chi connectivity index (χ4v) is 2.18. The summed E-state index contributed by atoms with van der Waals surface area (Å²) in [6, 6.07) is -0.282. The van der Waals surface area contributed by atoms with Crippen LogP contribution in [-0.2, 0) is 0 Å². The molecular weight excluding hydrogens is 251 g/mol. The third-order valence-corrected chi connectivity index (χ3v) is 3.24. The Morgan fingerprint density at radius 2 is 2.11 bits per heavy atom. The Labute approximate surface area is 103 Å². The fourth-order valence-electron chi connectivity index (χ4n) is 2.18. The topological polar surface area (TPSA) is 82.1 Å². The highest BCUT2D eigenvalue weighted by atomic mass is 19.4. The van der Waals surface area contributed by atoms with E-state index >= 15 is 0 Å². The van der Waals surface area contributed by atoms with E-state index in [4.69, 9.17) is 16.0 Å². The number of hydrogen-bond acceptors (Lipinski definition) is 4. The molecule has 1 heterocycles. The van der Waals surface area contributed by atoms with Gasteiger partial charge in [0.25, 0.3) is 0 Å². The van der Waals surface area contributed by atoms with Crippen LogP contribution < -0.4 is 5.73 Å². The molecule has 0 spiro atoms. The minimum Gasteiger partial charge on any atom is -0.409 e. The Balaban J connectivity index is 2.76. The van der Waals surface area contributed by atoms with Crippen molar-refractivity contribution >= 4 is 5.84 Å². The third-order valence-electron chi connectivity index (χ3n) is 3.24. The van der Waals surface area contributed by atoms with Gasteiger partial charge in [0.05, 0.1) is 6.61 Å². The van der Waals surface area contributed by atoms with Gasteiger partial charge in [-0.15, -0.1) is 0 Å². The van der Waals surface area contributed by atoms with Crippen LogP contribution in [-0.4, -0.2) is 53.0 Å². The van der Waals surface area contributed by atoms with Crippen molar-refractivity contribution in [1.29, 1.82) is 0 Å². The minimum atomic E-state index is -4.56. The molecule has 0 bridgehead atoms. The second-order valence-corrected chi connectivity index (χ2v) is 4.45. The molecule has 5 nitrogen and oxygen atoms in total. The van der Waals surface area contributed by atoms with E-state index in [1.165, 1.54) is 0 Å². The summed E-state index contributed by atoms with van der Waals surface area (Å²) in [5.74, 6) is -2.85. The number of halogens is 3. The highest BCUT2D eigenvalue weighted by Gasteiger charge is 2.44. The standard InChI is InChI=1S/C10H18F3N3O2/c11-10(12,13)8(9(14)15-18)5-16-4-2-1-3-7(16)6-17/h7-8,17-18H,1-6H2,(H2,14,15). The van der Waals surface area contributed by atoms with Crippen molar-refractivity contribution in [3.05, 3.63) is 0 Å². The average molecular weight is 269 g/mol. The van der Waals surface area contributed by atoms with Gasteiger partial charge in [-0.2, -0.15) is 13.2 Å². The highest BCUT2D eigenvalue weighted by molar-refractivity contribution is 5.83. The van der Waals surface area contributed by atoms with Crippen LogP contribution in [0.25, 0.3) is 0 Å². The number of nitrogens with zero attached hydrogens (tertiary/aromatic N) is 2.